The number of benzene rings is 1. The minimum absolute atomic E-state index is 0.152. The van der Waals surface area contributed by atoms with E-state index < -0.39 is 0 Å². The average Bonchev–Trinajstić information content (AvgIpc) is 2.72. The summed E-state index contributed by atoms with van der Waals surface area (Å²) in [5.41, 5.74) is 0. The number of hydrogen-bond donors (Lipinski definition) is 0. The topological polar surface area (TPSA) is 37.4 Å². The quantitative estimate of drug-likeness (QED) is 0.568. The van der Waals surface area contributed by atoms with Crippen molar-refractivity contribution in [1.29, 1.82) is 0 Å². The number of thioether (sulfide) groups is 1. The van der Waals surface area contributed by atoms with Crippen LogP contribution in [0.15, 0.2) is 46.2 Å². The predicted molar refractivity (Wildman–Crippen MR) is 81.2 cm³/mol. The molecule has 0 saturated heterocycles. The number of unbranched alkanes of at least 4 members (excludes halogenated alkanes) is 3. The van der Waals surface area contributed by atoms with Gasteiger partial charge in [0.25, 0.3) is 11.8 Å². The lowest BCUT2D eigenvalue weighted by Gasteiger charge is -2.14. The van der Waals surface area contributed by atoms with Gasteiger partial charge in [-0.05, 0) is 18.6 Å². The average molecular weight is 289 g/mol. The van der Waals surface area contributed by atoms with E-state index in [2.05, 4.69) is 6.92 Å². The number of carbonyl (C=O) groups is 2. The van der Waals surface area contributed by atoms with Crippen LogP contribution in [0.3, 0.4) is 0 Å². The monoisotopic (exact) mass is 289 g/mol. The molecule has 20 heavy (non-hydrogen) atoms. The Balaban J connectivity index is 1.92. The Morgan fingerprint density at radius 1 is 1.05 bits per heavy atom. The number of nitrogens with zero attached hydrogens (tertiary/aromatic N) is 1. The summed E-state index contributed by atoms with van der Waals surface area (Å²) in [6.07, 6.45) is 5.71. The van der Waals surface area contributed by atoms with Crippen LogP contribution in [0.1, 0.15) is 32.6 Å². The summed E-state index contributed by atoms with van der Waals surface area (Å²) in [6.45, 7) is 2.68. The molecule has 0 unspecified atom stereocenters. The fourth-order valence-corrected chi connectivity index (χ4v) is 2.99. The van der Waals surface area contributed by atoms with Gasteiger partial charge >= 0.3 is 0 Å². The third kappa shape index (κ3) is 3.73. The molecule has 0 bridgehead atoms. The van der Waals surface area contributed by atoms with E-state index in [9.17, 15) is 9.59 Å². The summed E-state index contributed by atoms with van der Waals surface area (Å²) in [5.74, 6) is -0.328. The fraction of sp³-hybridized carbons (Fsp3) is 0.375. The van der Waals surface area contributed by atoms with Crippen molar-refractivity contribution in [2.75, 3.05) is 6.54 Å². The van der Waals surface area contributed by atoms with Crippen LogP contribution in [0.5, 0.6) is 0 Å². The highest BCUT2D eigenvalue weighted by molar-refractivity contribution is 8.04. The molecule has 2 amide bonds. The molecule has 0 N–H and O–H groups in total. The molecule has 1 heterocycles. The Morgan fingerprint density at radius 3 is 2.50 bits per heavy atom. The summed E-state index contributed by atoms with van der Waals surface area (Å²) in [5, 5.41) is 0. The van der Waals surface area contributed by atoms with E-state index in [-0.39, 0.29) is 11.8 Å². The zero-order valence-electron chi connectivity index (χ0n) is 11.7. The van der Waals surface area contributed by atoms with E-state index in [1.165, 1.54) is 22.7 Å². The van der Waals surface area contributed by atoms with E-state index in [1.807, 2.05) is 30.3 Å². The van der Waals surface area contributed by atoms with E-state index in [0.29, 0.717) is 11.4 Å². The summed E-state index contributed by atoms with van der Waals surface area (Å²) < 4.78 is 0. The molecule has 0 radical (unpaired) electrons. The van der Waals surface area contributed by atoms with Crippen LogP contribution < -0.4 is 0 Å². The van der Waals surface area contributed by atoms with E-state index in [0.717, 1.165) is 30.6 Å². The maximum absolute atomic E-state index is 12.2. The summed E-state index contributed by atoms with van der Waals surface area (Å²) in [6, 6.07) is 9.65. The van der Waals surface area contributed by atoms with Crippen molar-refractivity contribution in [2.24, 2.45) is 0 Å². The molecule has 0 aromatic heterocycles. The van der Waals surface area contributed by atoms with Gasteiger partial charge in [-0.2, -0.15) is 0 Å². The maximum atomic E-state index is 12.2. The molecule has 3 nitrogen and oxygen atoms in total. The Bertz CT molecular complexity index is 510. The number of rotatable bonds is 7. The van der Waals surface area contributed by atoms with Gasteiger partial charge in [0.1, 0.15) is 0 Å². The maximum Gasteiger partial charge on any atom is 0.267 e. The van der Waals surface area contributed by atoms with Crippen LogP contribution in [0, 0.1) is 0 Å². The zero-order chi connectivity index (χ0) is 14.4. The molecule has 0 spiro atoms. The van der Waals surface area contributed by atoms with Gasteiger partial charge in [-0.1, -0.05) is 56.1 Å². The molecule has 4 heteroatoms. The van der Waals surface area contributed by atoms with Crippen molar-refractivity contribution >= 4 is 23.6 Å². The first-order valence-electron chi connectivity index (χ1n) is 7.03. The number of amides is 2. The van der Waals surface area contributed by atoms with Gasteiger partial charge in [-0.25, -0.2) is 0 Å². The standard InChI is InChI=1S/C16H19NO2S/c1-2-3-4-8-11-17-15(18)12-14(16(17)19)20-13-9-6-5-7-10-13/h5-7,9-10,12H,2-4,8,11H2,1H3. The van der Waals surface area contributed by atoms with Gasteiger partial charge in [0, 0.05) is 17.5 Å². The minimum Gasteiger partial charge on any atom is -0.274 e. The second-order valence-corrected chi connectivity index (χ2v) is 5.89. The third-order valence-electron chi connectivity index (χ3n) is 3.18. The molecule has 1 aromatic rings. The van der Waals surface area contributed by atoms with Crippen LogP contribution in [0.2, 0.25) is 0 Å². The van der Waals surface area contributed by atoms with Gasteiger partial charge in [0.2, 0.25) is 0 Å². The smallest absolute Gasteiger partial charge is 0.267 e. The largest absolute Gasteiger partial charge is 0.274 e. The van der Waals surface area contributed by atoms with E-state index in [4.69, 9.17) is 0 Å². The number of carbonyl (C=O) groups excluding carboxylic acids is 2. The highest BCUT2D eigenvalue weighted by Crippen LogP contribution is 2.31. The van der Waals surface area contributed by atoms with Crippen molar-refractivity contribution in [3.63, 3.8) is 0 Å². The normalized spacial score (nSPS) is 14.8. The van der Waals surface area contributed by atoms with E-state index >= 15 is 0 Å². The molecular formula is C16H19NO2S. The van der Waals surface area contributed by atoms with Crippen molar-refractivity contribution in [3.05, 3.63) is 41.3 Å². The van der Waals surface area contributed by atoms with Gasteiger partial charge in [-0.15, -0.1) is 0 Å². The molecule has 1 aliphatic rings. The number of hydrogen-bond acceptors (Lipinski definition) is 3. The first kappa shape index (κ1) is 14.9. The summed E-state index contributed by atoms with van der Waals surface area (Å²) in [7, 11) is 0. The van der Waals surface area contributed by atoms with Crippen LogP contribution in [-0.4, -0.2) is 23.3 Å². The Kier molecular flexibility index (Phi) is 5.41. The van der Waals surface area contributed by atoms with Crippen molar-refractivity contribution < 1.29 is 9.59 Å². The fourth-order valence-electron chi connectivity index (χ4n) is 2.08. The predicted octanol–water partition coefficient (Wildman–Crippen LogP) is 3.61. The van der Waals surface area contributed by atoms with Crippen LogP contribution in [-0.2, 0) is 9.59 Å². The van der Waals surface area contributed by atoms with Crippen molar-refractivity contribution in [1.82, 2.24) is 4.90 Å². The van der Waals surface area contributed by atoms with Gasteiger partial charge in [0.05, 0.1) is 4.91 Å². The Labute approximate surface area is 124 Å². The Morgan fingerprint density at radius 2 is 1.80 bits per heavy atom. The third-order valence-corrected chi connectivity index (χ3v) is 4.20. The minimum atomic E-state index is -0.176. The van der Waals surface area contributed by atoms with Crippen molar-refractivity contribution in [3.8, 4) is 0 Å². The zero-order valence-corrected chi connectivity index (χ0v) is 12.5. The molecule has 0 atom stereocenters. The molecule has 0 fully saturated rings. The highest BCUT2D eigenvalue weighted by atomic mass is 32.2. The molecule has 1 aromatic carbocycles. The second-order valence-electron chi connectivity index (χ2n) is 4.78. The summed E-state index contributed by atoms with van der Waals surface area (Å²) in [4.78, 5) is 26.9. The van der Waals surface area contributed by atoms with Crippen LogP contribution in [0.4, 0.5) is 0 Å². The van der Waals surface area contributed by atoms with Gasteiger partial charge in [-0.3, -0.25) is 14.5 Å². The lowest BCUT2D eigenvalue weighted by molar-refractivity contribution is -0.136. The molecule has 1 aliphatic heterocycles. The molecule has 0 aliphatic carbocycles. The van der Waals surface area contributed by atoms with Crippen LogP contribution in [0.25, 0.3) is 0 Å². The van der Waals surface area contributed by atoms with Crippen molar-refractivity contribution in [2.45, 2.75) is 37.5 Å². The summed E-state index contributed by atoms with van der Waals surface area (Å²) >= 11 is 1.36. The lowest BCUT2D eigenvalue weighted by Crippen LogP contribution is -2.31. The van der Waals surface area contributed by atoms with Gasteiger partial charge in [0.15, 0.2) is 0 Å². The van der Waals surface area contributed by atoms with Crippen LogP contribution >= 0.6 is 11.8 Å². The SMILES string of the molecule is CCCCCCN1C(=O)C=C(Sc2ccccc2)C1=O. The molecule has 0 saturated carbocycles. The second kappa shape index (κ2) is 7.29. The lowest BCUT2D eigenvalue weighted by atomic mass is 10.2. The molecule has 106 valence electrons. The van der Waals surface area contributed by atoms with Gasteiger partial charge < -0.3 is 0 Å². The molecule has 2 rings (SSSR count). The number of imide groups is 1. The molecular weight excluding hydrogens is 270 g/mol. The highest BCUT2D eigenvalue weighted by Gasteiger charge is 2.30. The first-order valence-corrected chi connectivity index (χ1v) is 7.84. The first-order chi connectivity index (χ1) is 9.72. The Hall–Kier alpha value is -1.55. The van der Waals surface area contributed by atoms with E-state index in [1.54, 1.807) is 0 Å².